The Hall–Kier alpha value is 0. The Bertz CT molecular complexity index is 1180. The van der Waals surface area contributed by atoms with E-state index >= 15 is 0 Å². The van der Waals surface area contributed by atoms with Crippen LogP contribution in [0.5, 0.6) is 0 Å². The molecule has 0 aromatic rings. The van der Waals surface area contributed by atoms with Crippen LogP contribution in [0.2, 0.25) is 0 Å². The molecule has 15 fully saturated rings. The van der Waals surface area contributed by atoms with Gasteiger partial charge in [-0.25, -0.2) is 0 Å². The Morgan fingerprint density at radius 3 is 0.417 bits per heavy atom. The highest BCUT2D eigenvalue weighted by Crippen LogP contribution is 2.87. The zero-order valence-electron chi connectivity index (χ0n) is 30.3. The van der Waals surface area contributed by atoms with E-state index in [9.17, 15) is 0 Å². The molecular weight excluding hydrogens is 577 g/mol. The van der Waals surface area contributed by atoms with Gasteiger partial charge in [0.15, 0.2) is 0 Å². The van der Waals surface area contributed by atoms with Gasteiger partial charge in [0.05, 0.1) is 0 Å². The van der Waals surface area contributed by atoms with Crippen LogP contribution in [-0.2, 0) is 0 Å². The van der Waals surface area contributed by atoms with Gasteiger partial charge in [0.2, 0.25) is 0 Å². The lowest BCUT2D eigenvalue weighted by atomic mass is 9.19. The van der Waals surface area contributed by atoms with Crippen LogP contribution in [0.1, 0.15) is 128 Å². The first-order valence-electron chi connectivity index (χ1n) is 23.9. The number of fused-ring (bicyclic) bond motifs is 6. The molecule has 24 atom stereocenters. The molecule has 0 saturated heterocycles. The topological polar surface area (TPSA) is 0 Å². The highest BCUT2D eigenvalue weighted by atomic mass is 14.9. The number of rotatable bonds is 0. The van der Waals surface area contributed by atoms with Crippen LogP contribution in [-0.4, -0.2) is 0 Å². The molecule has 15 rings (SSSR count). The second kappa shape index (κ2) is 9.19. The molecule has 15 aliphatic rings. The van der Waals surface area contributed by atoms with Crippen LogP contribution in [0.25, 0.3) is 0 Å². The summed E-state index contributed by atoms with van der Waals surface area (Å²) in [4.78, 5) is 0. The van der Waals surface area contributed by atoms with E-state index in [1.54, 1.807) is 128 Å². The molecule has 0 nitrogen and oxygen atoms in total. The fraction of sp³-hybridized carbons (Fsp3) is 1.00. The van der Waals surface area contributed by atoms with Crippen molar-refractivity contribution in [1.29, 1.82) is 0 Å². The molecule has 0 heteroatoms. The molecule has 15 aliphatic carbocycles. The maximum atomic E-state index is 1.72. The van der Waals surface area contributed by atoms with Gasteiger partial charge in [-0.2, -0.15) is 0 Å². The molecule has 0 amide bonds. The van der Waals surface area contributed by atoms with Crippen LogP contribution in [0, 0.1) is 166 Å². The van der Waals surface area contributed by atoms with Crippen LogP contribution in [0.3, 0.4) is 0 Å². The van der Waals surface area contributed by atoms with Crippen LogP contribution >= 0.6 is 0 Å². The number of hydrogen-bond donors (Lipinski definition) is 0. The van der Waals surface area contributed by atoms with Crippen molar-refractivity contribution in [2.24, 2.45) is 166 Å². The largest absolute Gasteiger partial charge is 0.0530 e. The van der Waals surface area contributed by atoms with Crippen molar-refractivity contribution < 1.29 is 0 Å². The third kappa shape index (κ3) is 2.81. The van der Waals surface area contributed by atoms with Gasteiger partial charge in [-0.1, -0.05) is 51.4 Å². The average molecular weight is 645 g/mol. The van der Waals surface area contributed by atoms with Crippen molar-refractivity contribution in [3.8, 4) is 0 Å². The summed E-state index contributed by atoms with van der Waals surface area (Å²) in [6, 6.07) is 0. The second-order valence-electron chi connectivity index (χ2n) is 23.5. The lowest BCUT2D eigenvalue weighted by Crippen LogP contribution is -2.81. The van der Waals surface area contributed by atoms with Gasteiger partial charge in [-0.3, -0.25) is 0 Å². The second-order valence-corrected chi connectivity index (χ2v) is 23.5. The van der Waals surface area contributed by atoms with Gasteiger partial charge in [0.25, 0.3) is 0 Å². The molecule has 0 bridgehead atoms. The van der Waals surface area contributed by atoms with E-state index in [0.717, 1.165) is 0 Å². The first-order valence-corrected chi connectivity index (χ1v) is 23.9. The van der Waals surface area contributed by atoms with Crippen molar-refractivity contribution in [3.05, 3.63) is 0 Å². The van der Waals surface area contributed by atoms with Gasteiger partial charge in [0, 0.05) is 0 Å². The van der Waals surface area contributed by atoms with Gasteiger partial charge in [-0.15, -0.1) is 0 Å². The summed E-state index contributed by atoms with van der Waals surface area (Å²) in [6.45, 7) is 0. The van der Waals surface area contributed by atoms with Gasteiger partial charge in [0.1, 0.15) is 0 Å². The Morgan fingerprint density at radius 1 is 0.125 bits per heavy atom. The van der Waals surface area contributed by atoms with Gasteiger partial charge >= 0.3 is 0 Å². The maximum Gasteiger partial charge on any atom is -0.0312 e. The molecule has 0 aliphatic heterocycles. The molecule has 0 aromatic heterocycles. The Kier molecular flexibility index (Phi) is 5.28. The smallest absolute Gasteiger partial charge is 0.0312 e. The molecule has 0 N–H and O–H groups in total. The van der Waals surface area contributed by atoms with Crippen molar-refractivity contribution in [3.63, 3.8) is 0 Å². The molecular formula is C48H68. The van der Waals surface area contributed by atoms with Crippen molar-refractivity contribution in [2.45, 2.75) is 128 Å². The summed E-state index contributed by atoms with van der Waals surface area (Å²) in [5.74, 6) is 34.1. The summed E-state index contributed by atoms with van der Waals surface area (Å²) >= 11 is 0. The monoisotopic (exact) mass is 645 g/mol. The minimum Gasteiger partial charge on any atom is -0.0530 e. The number of hydrogen-bond acceptors (Lipinski definition) is 0. The molecule has 15 saturated carbocycles. The fourth-order valence-corrected chi connectivity index (χ4v) is 24.1. The predicted octanol–water partition coefficient (Wildman–Crippen LogP) is 11.2. The lowest BCUT2D eigenvalue weighted by Gasteiger charge is -2.86. The molecule has 48 heavy (non-hydrogen) atoms. The lowest BCUT2D eigenvalue weighted by molar-refractivity contribution is -0.385. The highest BCUT2D eigenvalue weighted by Gasteiger charge is 2.82. The third-order valence-corrected chi connectivity index (χ3v) is 24.2. The fourth-order valence-electron chi connectivity index (χ4n) is 24.1. The normalized spacial score (nSPS) is 73.0. The van der Waals surface area contributed by atoms with E-state index in [2.05, 4.69) is 0 Å². The minimum absolute atomic E-state index is 1.19. The summed E-state index contributed by atoms with van der Waals surface area (Å²) in [6.07, 6.45) is 33.3. The molecule has 0 aromatic carbocycles. The van der Waals surface area contributed by atoms with E-state index in [1.165, 1.54) is 166 Å². The highest BCUT2D eigenvalue weighted by molar-refractivity contribution is 5.30. The Morgan fingerprint density at radius 2 is 0.250 bits per heavy atom. The average Bonchev–Trinajstić information content (AvgIpc) is 3.03. The SMILES string of the molecule is C1CCC2C3CCC4C5CCCCC6C7CCCCC8C9CCC%10C%11CCCCC%12C(C1)C1C%12C%11C%10C%10C(C3C21)C1C4C5C6C7C8C9C1%10. The molecule has 0 radical (unpaired) electrons. The zero-order valence-corrected chi connectivity index (χ0v) is 30.3. The van der Waals surface area contributed by atoms with E-state index in [0.29, 0.717) is 0 Å². The van der Waals surface area contributed by atoms with Crippen LogP contribution < -0.4 is 0 Å². The van der Waals surface area contributed by atoms with Crippen LogP contribution in [0.15, 0.2) is 0 Å². The maximum absolute atomic E-state index is 1.72. The Balaban J connectivity index is 0.941. The third-order valence-electron chi connectivity index (χ3n) is 24.2. The van der Waals surface area contributed by atoms with Crippen molar-refractivity contribution in [2.75, 3.05) is 0 Å². The van der Waals surface area contributed by atoms with Crippen LogP contribution in [0.4, 0.5) is 0 Å². The first kappa shape index (κ1) is 27.6. The first-order chi connectivity index (χ1) is 23.9. The van der Waals surface area contributed by atoms with E-state index in [-0.39, 0.29) is 0 Å². The van der Waals surface area contributed by atoms with Gasteiger partial charge in [-0.05, 0) is 243 Å². The van der Waals surface area contributed by atoms with Gasteiger partial charge < -0.3 is 0 Å². The van der Waals surface area contributed by atoms with Crippen molar-refractivity contribution >= 4 is 0 Å². The minimum atomic E-state index is 1.19. The predicted molar refractivity (Wildman–Crippen MR) is 190 cm³/mol. The molecule has 24 unspecified atom stereocenters. The van der Waals surface area contributed by atoms with E-state index < -0.39 is 0 Å². The van der Waals surface area contributed by atoms with E-state index in [1.807, 2.05) is 0 Å². The quantitative estimate of drug-likeness (QED) is 0.246. The zero-order chi connectivity index (χ0) is 30.3. The summed E-state index contributed by atoms with van der Waals surface area (Å²) in [7, 11) is 0. The van der Waals surface area contributed by atoms with E-state index in [4.69, 9.17) is 0 Å². The summed E-state index contributed by atoms with van der Waals surface area (Å²) < 4.78 is 0. The van der Waals surface area contributed by atoms with Crippen molar-refractivity contribution in [1.82, 2.24) is 0 Å². The summed E-state index contributed by atoms with van der Waals surface area (Å²) in [5, 5.41) is 0. The molecule has 0 spiro atoms. The molecule has 0 heterocycles. The standard InChI is InChI=1S/C48H68/c1-5-13-25-29-17-18-30-27-15-7-3-11-23-24-12-4-8-16-28-32-20-19-31-26-14-6-2-10-22-21(9-1)33-34(22)38(26)42(31)46-45(41(29)37(25)33)47-43(30)39(27)35(23)36(24)40(28)44(32)48(46)47/h21-48H,1-20H2. The summed E-state index contributed by atoms with van der Waals surface area (Å²) in [5.41, 5.74) is 0. The Labute approximate surface area is 293 Å². The molecule has 260 valence electrons.